The molecule has 94 valence electrons. The normalized spacial score (nSPS) is 11.0. The van der Waals surface area contributed by atoms with Crippen molar-refractivity contribution in [3.05, 3.63) is 57.8 Å². The van der Waals surface area contributed by atoms with Crippen LogP contribution in [0.2, 0.25) is 10.0 Å². The standard InChI is InChI=1S/C13H7Cl2F3/c14-9-3-8(4-10(15)6-9)7-1-2-11(13(17)18)12(16)5-7/h1-6,13H. The molecule has 2 rings (SSSR count). The Balaban J connectivity index is 2.48. The lowest BCUT2D eigenvalue weighted by molar-refractivity contribution is 0.146. The minimum Gasteiger partial charge on any atom is -0.206 e. The van der Waals surface area contributed by atoms with Crippen LogP contribution >= 0.6 is 23.2 Å². The van der Waals surface area contributed by atoms with Crippen LogP contribution in [0, 0.1) is 5.82 Å². The molecule has 0 atom stereocenters. The molecule has 2 aromatic rings. The molecule has 0 aromatic heterocycles. The summed E-state index contributed by atoms with van der Waals surface area (Å²) < 4.78 is 38.3. The van der Waals surface area contributed by atoms with Gasteiger partial charge in [0.15, 0.2) is 0 Å². The van der Waals surface area contributed by atoms with E-state index in [0.717, 1.165) is 12.1 Å². The van der Waals surface area contributed by atoms with Crippen LogP contribution in [0.4, 0.5) is 13.2 Å². The molecule has 0 aliphatic rings. The molecule has 0 bridgehead atoms. The third-order valence-corrected chi connectivity index (χ3v) is 2.87. The molecule has 0 aliphatic heterocycles. The van der Waals surface area contributed by atoms with Crippen LogP contribution < -0.4 is 0 Å². The fourth-order valence-corrected chi connectivity index (χ4v) is 2.13. The SMILES string of the molecule is Fc1cc(-c2cc(Cl)cc(Cl)c2)ccc1C(F)F. The molecule has 0 aliphatic carbocycles. The van der Waals surface area contributed by atoms with Crippen molar-refractivity contribution in [2.75, 3.05) is 0 Å². The summed E-state index contributed by atoms with van der Waals surface area (Å²) in [6.07, 6.45) is -2.83. The minimum atomic E-state index is -2.83. The van der Waals surface area contributed by atoms with Gasteiger partial charge in [0.05, 0.1) is 5.56 Å². The second kappa shape index (κ2) is 5.21. The maximum Gasteiger partial charge on any atom is 0.266 e. The van der Waals surface area contributed by atoms with E-state index in [9.17, 15) is 13.2 Å². The van der Waals surface area contributed by atoms with E-state index in [0.29, 0.717) is 21.2 Å². The predicted molar refractivity (Wildman–Crippen MR) is 66.8 cm³/mol. The highest BCUT2D eigenvalue weighted by atomic mass is 35.5. The van der Waals surface area contributed by atoms with Gasteiger partial charge in [-0.3, -0.25) is 0 Å². The van der Waals surface area contributed by atoms with Crippen LogP contribution in [-0.2, 0) is 0 Å². The summed E-state index contributed by atoms with van der Waals surface area (Å²) in [7, 11) is 0. The summed E-state index contributed by atoms with van der Waals surface area (Å²) in [4.78, 5) is 0. The molecule has 0 fully saturated rings. The zero-order valence-electron chi connectivity index (χ0n) is 8.93. The van der Waals surface area contributed by atoms with Gasteiger partial charge in [-0.2, -0.15) is 0 Å². The van der Waals surface area contributed by atoms with Gasteiger partial charge in [0.25, 0.3) is 6.43 Å². The first-order valence-corrected chi connectivity index (χ1v) is 5.77. The first kappa shape index (κ1) is 13.2. The van der Waals surface area contributed by atoms with Crippen molar-refractivity contribution in [3.8, 4) is 11.1 Å². The van der Waals surface area contributed by atoms with Crippen LogP contribution in [0.3, 0.4) is 0 Å². The fraction of sp³-hybridized carbons (Fsp3) is 0.0769. The Morgan fingerprint density at radius 1 is 0.833 bits per heavy atom. The van der Waals surface area contributed by atoms with E-state index in [1.54, 1.807) is 12.1 Å². The van der Waals surface area contributed by atoms with Crippen LogP contribution in [0.1, 0.15) is 12.0 Å². The average Bonchev–Trinajstić information content (AvgIpc) is 2.26. The highest BCUT2D eigenvalue weighted by Crippen LogP contribution is 2.30. The van der Waals surface area contributed by atoms with E-state index in [2.05, 4.69) is 0 Å². The summed E-state index contributed by atoms with van der Waals surface area (Å²) >= 11 is 11.6. The zero-order valence-corrected chi connectivity index (χ0v) is 10.4. The van der Waals surface area contributed by atoms with E-state index in [1.807, 2.05) is 0 Å². The van der Waals surface area contributed by atoms with Gasteiger partial charge in [0.2, 0.25) is 0 Å². The first-order valence-electron chi connectivity index (χ1n) is 5.01. The molecule has 0 N–H and O–H groups in total. The van der Waals surface area contributed by atoms with Crippen molar-refractivity contribution >= 4 is 23.2 Å². The summed E-state index contributed by atoms with van der Waals surface area (Å²) in [6.45, 7) is 0. The predicted octanol–water partition coefficient (Wildman–Crippen LogP) is 5.74. The molecule has 0 unspecified atom stereocenters. The summed E-state index contributed by atoms with van der Waals surface area (Å²) in [5, 5.41) is 0.798. The van der Waals surface area contributed by atoms with Gasteiger partial charge in [-0.05, 0) is 41.5 Å². The molecular formula is C13H7Cl2F3. The van der Waals surface area contributed by atoms with Crippen molar-refractivity contribution in [1.29, 1.82) is 0 Å². The Morgan fingerprint density at radius 3 is 1.94 bits per heavy atom. The van der Waals surface area contributed by atoms with E-state index in [4.69, 9.17) is 23.2 Å². The summed E-state index contributed by atoms with van der Waals surface area (Å²) in [5.41, 5.74) is 0.403. The number of benzene rings is 2. The van der Waals surface area contributed by atoms with Gasteiger partial charge >= 0.3 is 0 Å². The van der Waals surface area contributed by atoms with Crippen molar-refractivity contribution in [3.63, 3.8) is 0 Å². The Hall–Kier alpha value is -1.19. The van der Waals surface area contributed by atoms with Gasteiger partial charge in [-0.1, -0.05) is 29.3 Å². The van der Waals surface area contributed by atoms with Crippen molar-refractivity contribution < 1.29 is 13.2 Å². The molecule has 0 saturated heterocycles. The topological polar surface area (TPSA) is 0 Å². The highest BCUT2D eigenvalue weighted by molar-refractivity contribution is 6.35. The van der Waals surface area contributed by atoms with Gasteiger partial charge < -0.3 is 0 Å². The molecule has 0 radical (unpaired) electrons. The van der Waals surface area contributed by atoms with E-state index < -0.39 is 17.8 Å². The van der Waals surface area contributed by atoms with Gasteiger partial charge in [-0.15, -0.1) is 0 Å². The van der Waals surface area contributed by atoms with Gasteiger partial charge in [-0.25, -0.2) is 13.2 Å². The van der Waals surface area contributed by atoms with Crippen LogP contribution in [0.25, 0.3) is 11.1 Å². The maximum atomic E-state index is 13.4. The Bertz CT molecular complexity index is 562. The number of rotatable bonds is 2. The first-order chi connectivity index (χ1) is 8.47. The average molecular weight is 291 g/mol. The zero-order chi connectivity index (χ0) is 13.3. The molecule has 0 heterocycles. The van der Waals surface area contributed by atoms with Crippen molar-refractivity contribution in [2.45, 2.75) is 6.43 Å². The summed E-state index contributed by atoms with van der Waals surface area (Å²) in [6, 6.07) is 8.23. The lowest BCUT2D eigenvalue weighted by Crippen LogP contribution is -1.91. The van der Waals surface area contributed by atoms with Crippen molar-refractivity contribution in [1.82, 2.24) is 0 Å². The minimum absolute atomic E-state index is 0.399. The number of hydrogen-bond donors (Lipinski definition) is 0. The highest BCUT2D eigenvalue weighted by Gasteiger charge is 2.14. The fourth-order valence-electron chi connectivity index (χ4n) is 1.60. The number of halogens is 5. The Kier molecular flexibility index (Phi) is 3.83. The molecular weight excluding hydrogens is 284 g/mol. The van der Waals surface area contributed by atoms with Gasteiger partial charge in [0, 0.05) is 10.0 Å². The lowest BCUT2D eigenvalue weighted by Gasteiger charge is -2.07. The molecule has 0 saturated carbocycles. The van der Waals surface area contributed by atoms with Crippen LogP contribution in [0.15, 0.2) is 36.4 Å². The van der Waals surface area contributed by atoms with E-state index in [-0.39, 0.29) is 0 Å². The number of alkyl halides is 2. The summed E-state index contributed by atoms with van der Waals surface area (Å²) in [5.74, 6) is -0.946. The monoisotopic (exact) mass is 290 g/mol. The lowest BCUT2D eigenvalue weighted by atomic mass is 10.0. The Labute approximate surface area is 112 Å². The smallest absolute Gasteiger partial charge is 0.206 e. The molecule has 0 spiro atoms. The second-order valence-electron chi connectivity index (χ2n) is 3.70. The third kappa shape index (κ3) is 2.79. The maximum absolute atomic E-state index is 13.4. The quantitative estimate of drug-likeness (QED) is 0.662. The van der Waals surface area contributed by atoms with Crippen LogP contribution in [-0.4, -0.2) is 0 Å². The number of hydrogen-bond acceptors (Lipinski definition) is 0. The molecule has 5 heteroatoms. The van der Waals surface area contributed by atoms with Crippen LogP contribution in [0.5, 0.6) is 0 Å². The molecule has 0 nitrogen and oxygen atoms in total. The molecule has 0 amide bonds. The van der Waals surface area contributed by atoms with E-state index in [1.165, 1.54) is 12.1 Å². The second-order valence-corrected chi connectivity index (χ2v) is 4.57. The largest absolute Gasteiger partial charge is 0.266 e. The molecule has 2 aromatic carbocycles. The van der Waals surface area contributed by atoms with Gasteiger partial charge in [0.1, 0.15) is 5.82 Å². The molecule has 18 heavy (non-hydrogen) atoms. The third-order valence-electron chi connectivity index (χ3n) is 2.43. The van der Waals surface area contributed by atoms with Crippen molar-refractivity contribution in [2.24, 2.45) is 0 Å². The Morgan fingerprint density at radius 2 is 1.44 bits per heavy atom. The van der Waals surface area contributed by atoms with E-state index >= 15 is 0 Å².